The number of aryl methyl sites for hydroxylation is 1. The first-order valence-corrected chi connectivity index (χ1v) is 5.06. The summed E-state index contributed by atoms with van der Waals surface area (Å²) < 4.78 is 1.63. The summed E-state index contributed by atoms with van der Waals surface area (Å²) in [4.78, 5) is 13.4. The smallest absolute Gasteiger partial charge is 0.270 e. The number of nitrogen functional groups attached to an aromatic ring is 1. The fourth-order valence-corrected chi connectivity index (χ4v) is 1.90. The number of rotatable bonds is 1. The number of anilines is 1. The van der Waals surface area contributed by atoms with E-state index < -0.39 is 12.2 Å². The number of amides is 1. The van der Waals surface area contributed by atoms with Gasteiger partial charge in [-0.1, -0.05) is 0 Å². The van der Waals surface area contributed by atoms with Gasteiger partial charge in [-0.3, -0.25) is 4.79 Å². The number of β-amino-alcohol motifs (C(OH)–C–C–N with tert-alkyl or cyclic N) is 2. The molecule has 2 rings (SSSR count). The molecule has 1 fully saturated rings. The average molecular weight is 225 g/mol. The summed E-state index contributed by atoms with van der Waals surface area (Å²) in [6.45, 7) is 0.316. The molecule has 1 saturated heterocycles. The zero-order chi connectivity index (χ0) is 11.9. The number of nitrogens with two attached hydrogens (primary N) is 1. The Labute approximate surface area is 92.9 Å². The van der Waals surface area contributed by atoms with Crippen molar-refractivity contribution < 1.29 is 15.0 Å². The van der Waals surface area contributed by atoms with E-state index in [0.29, 0.717) is 11.4 Å². The molecule has 6 heteroatoms. The van der Waals surface area contributed by atoms with Crippen molar-refractivity contribution in [1.29, 1.82) is 0 Å². The highest BCUT2D eigenvalue weighted by Crippen LogP contribution is 2.16. The summed E-state index contributed by atoms with van der Waals surface area (Å²) in [7, 11) is 1.73. The number of hydrogen-bond donors (Lipinski definition) is 3. The van der Waals surface area contributed by atoms with Crippen LogP contribution in [0.2, 0.25) is 0 Å². The highest BCUT2D eigenvalue weighted by Gasteiger charge is 2.33. The van der Waals surface area contributed by atoms with Crippen LogP contribution in [0, 0.1) is 0 Å². The number of aliphatic hydroxyl groups is 2. The van der Waals surface area contributed by atoms with E-state index in [1.54, 1.807) is 23.9 Å². The highest BCUT2D eigenvalue weighted by atomic mass is 16.3. The number of aromatic nitrogens is 1. The first kappa shape index (κ1) is 11.0. The summed E-state index contributed by atoms with van der Waals surface area (Å²) in [5.41, 5.74) is 6.56. The van der Waals surface area contributed by atoms with E-state index in [9.17, 15) is 15.0 Å². The SMILES string of the molecule is Cn1cc(N)cc1C(=O)N1C[C@@H](O)[C@@H](O)C1. The van der Waals surface area contributed by atoms with Gasteiger partial charge in [-0.15, -0.1) is 0 Å². The number of nitrogens with zero attached hydrogens (tertiary/aromatic N) is 2. The minimum Gasteiger partial charge on any atom is -0.397 e. The van der Waals surface area contributed by atoms with Gasteiger partial charge in [0.05, 0.1) is 17.9 Å². The van der Waals surface area contributed by atoms with Crippen molar-refractivity contribution in [3.8, 4) is 0 Å². The van der Waals surface area contributed by atoms with Gasteiger partial charge >= 0.3 is 0 Å². The topological polar surface area (TPSA) is 91.7 Å². The Morgan fingerprint density at radius 1 is 1.44 bits per heavy atom. The molecule has 1 amide bonds. The molecule has 2 atom stereocenters. The first-order valence-electron chi connectivity index (χ1n) is 5.06. The summed E-state index contributed by atoms with van der Waals surface area (Å²) in [6.07, 6.45) is -0.0704. The lowest BCUT2D eigenvalue weighted by Crippen LogP contribution is -2.31. The highest BCUT2D eigenvalue weighted by molar-refractivity contribution is 5.94. The second kappa shape index (κ2) is 3.80. The van der Waals surface area contributed by atoms with E-state index in [2.05, 4.69) is 0 Å². The van der Waals surface area contributed by atoms with Crippen LogP contribution in [-0.2, 0) is 7.05 Å². The van der Waals surface area contributed by atoms with Gasteiger partial charge in [0.25, 0.3) is 5.91 Å². The zero-order valence-corrected chi connectivity index (χ0v) is 9.00. The van der Waals surface area contributed by atoms with Gasteiger partial charge in [0, 0.05) is 26.3 Å². The first-order chi connectivity index (χ1) is 7.49. The van der Waals surface area contributed by atoms with Gasteiger partial charge in [0.2, 0.25) is 0 Å². The molecule has 88 valence electrons. The third-order valence-electron chi connectivity index (χ3n) is 2.79. The monoisotopic (exact) mass is 225 g/mol. The molecule has 1 aliphatic rings. The van der Waals surface area contributed by atoms with Crippen LogP contribution >= 0.6 is 0 Å². The Balaban J connectivity index is 2.17. The van der Waals surface area contributed by atoms with Crippen molar-refractivity contribution in [2.24, 2.45) is 7.05 Å². The van der Waals surface area contributed by atoms with Crippen molar-refractivity contribution in [2.45, 2.75) is 12.2 Å². The normalized spacial score (nSPS) is 25.1. The van der Waals surface area contributed by atoms with Crippen molar-refractivity contribution in [3.05, 3.63) is 18.0 Å². The van der Waals surface area contributed by atoms with Gasteiger partial charge in [-0.2, -0.15) is 0 Å². The minimum absolute atomic E-state index is 0.158. The third-order valence-corrected chi connectivity index (χ3v) is 2.79. The fourth-order valence-electron chi connectivity index (χ4n) is 1.90. The molecule has 16 heavy (non-hydrogen) atoms. The lowest BCUT2D eigenvalue weighted by molar-refractivity contribution is 0.0572. The van der Waals surface area contributed by atoms with Gasteiger partial charge < -0.3 is 25.4 Å². The van der Waals surface area contributed by atoms with Crippen LogP contribution in [-0.4, -0.2) is 50.9 Å². The molecule has 0 radical (unpaired) electrons. The molecule has 0 unspecified atom stereocenters. The maximum atomic E-state index is 12.0. The molecule has 0 saturated carbocycles. The van der Waals surface area contributed by atoms with Crippen molar-refractivity contribution in [2.75, 3.05) is 18.8 Å². The summed E-state index contributed by atoms with van der Waals surface area (Å²) >= 11 is 0. The molecule has 0 bridgehead atoms. The predicted octanol–water partition coefficient (Wildman–Crippen LogP) is -1.22. The molecule has 6 nitrogen and oxygen atoms in total. The van der Waals surface area contributed by atoms with Crippen LogP contribution in [0.25, 0.3) is 0 Å². The molecule has 2 heterocycles. The standard InChI is InChI=1S/C10H15N3O3/c1-12-3-6(11)2-7(12)10(16)13-4-8(14)9(15)5-13/h2-3,8-9,14-15H,4-5,11H2,1H3/t8-,9+. The van der Waals surface area contributed by atoms with Crippen LogP contribution < -0.4 is 5.73 Å². The number of likely N-dealkylation sites (tertiary alicyclic amines) is 1. The van der Waals surface area contributed by atoms with E-state index in [1.807, 2.05) is 0 Å². The lowest BCUT2D eigenvalue weighted by atomic mass is 10.3. The van der Waals surface area contributed by atoms with Crippen molar-refractivity contribution in [1.82, 2.24) is 9.47 Å². The fraction of sp³-hybridized carbons (Fsp3) is 0.500. The van der Waals surface area contributed by atoms with Crippen LogP contribution in [0.4, 0.5) is 5.69 Å². The minimum atomic E-state index is -0.860. The second-order valence-electron chi connectivity index (χ2n) is 4.11. The van der Waals surface area contributed by atoms with Crippen molar-refractivity contribution in [3.63, 3.8) is 0 Å². The number of aliphatic hydroxyl groups excluding tert-OH is 2. The Bertz CT molecular complexity index is 405. The molecule has 0 aromatic carbocycles. The average Bonchev–Trinajstić information content (AvgIpc) is 2.70. The van der Waals surface area contributed by atoms with E-state index in [4.69, 9.17) is 5.73 Å². The maximum absolute atomic E-state index is 12.0. The third kappa shape index (κ3) is 1.77. The Morgan fingerprint density at radius 3 is 2.44 bits per heavy atom. The second-order valence-corrected chi connectivity index (χ2v) is 4.11. The van der Waals surface area contributed by atoms with E-state index in [0.717, 1.165) is 0 Å². The van der Waals surface area contributed by atoms with Gasteiger partial charge in [0.1, 0.15) is 5.69 Å². The quantitative estimate of drug-likeness (QED) is 0.559. The Kier molecular flexibility index (Phi) is 2.61. The number of hydrogen-bond acceptors (Lipinski definition) is 4. The summed E-state index contributed by atoms with van der Waals surface area (Å²) in [5, 5.41) is 18.7. The van der Waals surface area contributed by atoms with Crippen LogP contribution in [0.1, 0.15) is 10.5 Å². The van der Waals surface area contributed by atoms with Gasteiger partial charge in [-0.25, -0.2) is 0 Å². The van der Waals surface area contributed by atoms with Crippen LogP contribution in [0.5, 0.6) is 0 Å². The largest absolute Gasteiger partial charge is 0.397 e. The Morgan fingerprint density at radius 2 is 2.00 bits per heavy atom. The number of carbonyl (C=O) groups excluding carboxylic acids is 1. The van der Waals surface area contributed by atoms with Crippen LogP contribution in [0.3, 0.4) is 0 Å². The predicted molar refractivity (Wildman–Crippen MR) is 57.7 cm³/mol. The zero-order valence-electron chi connectivity index (χ0n) is 9.00. The van der Waals surface area contributed by atoms with E-state index >= 15 is 0 Å². The molecule has 1 aromatic heterocycles. The summed E-state index contributed by atoms with van der Waals surface area (Å²) in [5.74, 6) is -0.227. The maximum Gasteiger partial charge on any atom is 0.270 e. The molecule has 1 aromatic rings. The molecule has 1 aliphatic heterocycles. The van der Waals surface area contributed by atoms with E-state index in [-0.39, 0.29) is 19.0 Å². The van der Waals surface area contributed by atoms with Gasteiger partial charge in [-0.05, 0) is 6.07 Å². The van der Waals surface area contributed by atoms with Crippen LogP contribution in [0.15, 0.2) is 12.3 Å². The Hall–Kier alpha value is -1.53. The molecule has 4 N–H and O–H groups in total. The number of carbonyl (C=O) groups is 1. The van der Waals surface area contributed by atoms with Crippen molar-refractivity contribution >= 4 is 11.6 Å². The molecule has 0 aliphatic carbocycles. The van der Waals surface area contributed by atoms with Gasteiger partial charge in [0.15, 0.2) is 0 Å². The molecule has 0 spiro atoms. The molecular formula is C10H15N3O3. The molecular weight excluding hydrogens is 210 g/mol. The lowest BCUT2D eigenvalue weighted by Gasteiger charge is -2.15. The summed E-state index contributed by atoms with van der Waals surface area (Å²) in [6, 6.07) is 1.58. The van der Waals surface area contributed by atoms with E-state index in [1.165, 1.54) is 4.90 Å².